The van der Waals surface area contributed by atoms with Crippen molar-refractivity contribution < 1.29 is 13.2 Å². The quantitative estimate of drug-likeness (QED) is 0.795. The number of nitrogens with zero attached hydrogens (tertiary/aromatic N) is 3. The summed E-state index contributed by atoms with van der Waals surface area (Å²) in [5, 5.41) is 3.71. The van der Waals surface area contributed by atoms with Gasteiger partial charge in [0.1, 0.15) is 0 Å². The Labute approximate surface area is 115 Å². The highest BCUT2D eigenvalue weighted by molar-refractivity contribution is 5.36. The van der Waals surface area contributed by atoms with Crippen molar-refractivity contribution in [3.8, 4) is 5.82 Å². The summed E-state index contributed by atoms with van der Waals surface area (Å²) in [6.07, 6.45) is -2.92. The third-order valence-electron chi connectivity index (χ3n) is 2.95. The standard InChI is InChI=1S/C14H16F3N3/c1-9-6-5-7-18-12(9)20-11(13(2,3)4)8-10(19-20)14(15,16)17/h5-8H,1-4H3. The van der Waals surface area contributed by atoms with E-state index in [1.54, 1.807) is 25.3 Å². The summed E-state index contributed by atoms with van der Waals surface area (Å²) in [6, 6.07) is 4.63. The fraction of sp³-hybridized carbons (Fsp3) is 0.429. The molecule has 0 radical (unpaired) electrons. The highest BCUT2D eigenvalue weighted by atomic mass is 19.4. The van der Waals surface area contributed by atoms with Gasteiger partial charge in [0.25, 0.3) is 0 Å². The van der Waals surface area contributed by atoms with E-state index in [-0.39, 0.29) is 0 Å². The van der Waals surface area contributed by atoms with Gasteiger partial charge in [-0.15, -0.1) is 0 Å². The predicted molar refractivity (Wildman–Crippen MR) is 69.8 cm³/mol. The molecule has 0 fully saturated rings. The zero-order valence-corrected chi connectivity index (χ0v) is 11.8. The molecule has 2 rings (SSSR count). The summed E-state index contributed by atoms with van der Waals surface area (Å²) in [5.74, 6) is 0.424. The summed E-state index contributed by atoms with van der Waals surface area (Å²) < 4.78 is 40.0. The van der Waals surface area contributed by atoms with E-state index in [0.29, 0.717) is 11.5 Å². The van der Waals surface area contributed by atoms with Gasteiger partial charge in [-0.2, -0.15) is 18.3 Å². The van der Waals surface area contributed by atoms with E-state index in [1.165, 1.54) is 4.68 Å². The Hall–Kier alpha value is -1.85. The average Bonchev–Trinajstić information content (AvgIpc) is 2.73. The van der Waals surface area contributed by atoms with Crippen LogP contribution in [0.3, 0.4) is 0 Å². The molecule has 0 spiro atoms. The molecule has 0 N–H and O–H groups in total. The number of aryl methyl sites for hydroxylation is 1. The minimum Gasteiger partial charge on any atom is -0.237 e. The van der Waals surface area contributed by atoms with Gasteiger partial charge in [-0.05, 0) is 24.6 Å². The molecule has 0 unspecified atom stereocenters. The lowest BCUT2D eigenvalue weighted by Crippen LogP contribution is -2.18. The highest BCUT2D eigenvalue weighted by Crippen LogP contribution is 2.33. The van der Waals surface area contributed by atoms with Crippen molar-refractivity contribution in [1.82, 2.24) is 14.8 Å². The number of alkyl halides is 3. The Morgan fingerprint density at radius 2 is 1.80 bits per heavy atom. The molecule has 2 heterocycles. The maximum Gasteiger partial charge on any atom is 0.435 e. The summed E-state index contributed by atoms with van der Waals surface area (Å²) in [4.78, 5) is 4.15. The molecule has 6 heteroatoms. The molecule has 0 aromatic carbocycles. The predicted octanol–water partition coefficient (Wildman–Crippen LogP) is 3.89. The van der Waals surface area contributed by atoms with E-state index in [2.05, 4.69) is 10.1 Å². The Morgan fingerprint density at radius 1 is 1.15 bits per heavy atom. The Bertz CT molecular complexity index is 621. The smallest absolute Gasteiger partial charge is 0.237 e. The molecular formula is C14H16F3N3. The number of hydrogen-bond acceptors (Lipinski definition) is 2. The van der Waals surface area contributed by atoms with Crippen molar-refractivity contribution in [3.05, 3.63) is 41.3 Å². The second kappa shape index (κ2) is 4.61. The molecule has 2 aromatic heterocycles. The first-order valence-corrected chi connectivity index (χ1v) is 6.20. The van der Waals surface area contributed by atoms with Crippen LogP contribution in [-0.4, -0.2) is 14.8 Å². The number of rotatable bonds is 1. The monoisotopic (exact) mass is 283 g/mol. The number of halogens is 3. The maximum absolute atomic E-state index is 12.9. The summed E-state index contributed by atoms with van der Waals surface area (Å²) in [5.41, 5.74) is -0.116. The molecule has 0 aliphatic rings. The van der Waals surface area contributed by atoms with Crippen LogP contribution in [0, 0.1) is 6.92 Å². The molecule has 20 heavy (non-hydrogen) atoms. The minimum absolute atomic E-state index is 0.424. The van der Waals surface area contributed by atoms with Crippen LogP contribution in [0.4, 0.5) is 13.2 Å². The van der Waals surface area contributed by atoms with Crippen LogP contribution >= 0.6 is 0 Å². The van der Waals surface area contributed by atoms with Gasteiger partial charge in [0, 0.05) is 11.6 Å². The lowest BCUT2D eigenvalue weighted by Gasteiger charge is -2.20. The molecule has 0 amide bonds. The molecule has 0 saturated carbocycles. The highest BCUT2D eigenvalue weighted by Gasteiger charge is 2.37. The molecule has 0 bridgehead atoms. The van der Waals surface area contributed by atoms with Gasteiger partial charge in [0.2, 0.25) is 0 Å². The second-order valence-electron chi connectivity index (χ2n) is 5.72. The normalized spacial score (nSPS) is 12.8. The Balaban J connectivity index is 2.69. The van der Waals surface area contributed by atoms with Crippen LogP contribution in [0.15, 0.2) is 24.4 Å². The number of aromatic nitrogens is 3. The van der Waals surface area contributed by atoms with E-state index in [9.17, 15) is 13.2 Å². The molecular weight excluding hydrogens is 267 g/mol. The van der Waals surface area contributed by atoms with Gasteiger partial charge in [0.15, 0.2) is 11.5 Å². The fourth-order valence-electron chi connectivity index (χ4n) is 1.91. The second-order valence-corrected chi connectivity index (χ2v) is 5.72. The minimum atomic E-state index is -4.46. The third kappa shape index (κ3) is 2.69. The number of hydrogen-bond donors (Lipinski definition) is 0. The van der Waals surface area contributed by atoms with Crippen molar-refractivity contribution in [3.63, 3.8) is 0 Å². The lowest BCUT2D eigenvalue weighted by molar-refractivity contribution is -0.141. The van der Waals surface area contributed by atoms with Crippen molar-refractivity contribution in [1.29, 1.82) is 0 Å². The maximum atomic E-state index is 12.9. The van der Waals surface area contributed by atoms with E-state index in [1.807, 2.05) is 20.8 Å². The van der Waals surface area contributed by atoms with Crippen LogP contribution in [0.25, 0.3) is 5.82 Å². The van der Waals surface area contributed by atoms with Gasteiger partial charge in [-0.1, -0.05) is 26.8 Å². The van der Waals surface area contributed by atoms with Gasteiger partial charge in [0.05, 0.1) is 5.69 Å². The topological polar surface area (TPSA) is 30.7 Å². The van der Waals surface area contributed by atoms with Gasteiger partial charge in [-0.25, -0.2) is 9.67 Å². The first-order valence-electron chi connectivity index (χ1n) is 6.20. The van der Waals surface area contributed by atoms with Gasteiger partial charge < -0.3 is 0 Å². The summed E-state index contributed by atoms with van der Waals surface area (Å²) >= 11 is 0. The zero-order valence-electron chi connectivity index (χ0n) is 11.8. The lowest BCUT2D eigenvalue weighted by atomic mass is 9.91. The molecule has 2 aromatic rings. The van der Waals surface area contributed by atoms with Crippen molar-refractivity contribution in [2.75, 3.05) is 0 Å². The number of pyridine rings is 1. The first kappa shape index (κ1) is 14.6. The SMILES string of the molecule is Cc1cccnc1-n1nc(C(F)(F)F)cc1C(C)(C)C. The van der Waals surface area contributed by atoms with Crippen molar-refractivity contribution in [2.45, 2.75) is 39.3 Å². The largest absolute Gasteiger partial charge is 0.435 e. The van der Waals surface area contributed by atoms with Crippen LogP contribution in [0.2, 0.25) is 0 Å². The van der Waals surface area contributed by atoms with Crippen LogP contribution in [0.1, 0.15) is 37.7 Å². The molecule has 0 atom stereocenters. The Morgan fingerprint density at radius 3 is 2.30 bits per heavy atom. The fourth-order valence-corrected chi connectivity index (χ4v) is 1.91. The Kier molecular flexibility index (Phi) is 3.36. The van der Waals surface area contributed by atoms with E-state index < -0.39 is 17.3 Å². The molecule has 3 nitrogen and oxygen atoms in total. The summed E-state index contributed by atoms with van der Waals surface area (Å²) in [7, 11) is 0. The molecule has 108 valence electrons. The zero-order chi connectivity index (χ0) is 15.1. The van der Waals surface area contributed by atoms with Gasteiger partial charge in [-0.3, -0.25) is 0 Å². The summed E-state index contributed by atoms with van der Waals surface area (Å²) in [6.45, 7) is 7.33. The average molecular weight is 283 g/mol. The van der Waals surface area contributed by atoms with E-state index in [0.717, 1.165) is 11.6 Å². The van der Waals surface area contributed by atoms with E-state index >= 15 is 0 Å². The molecule has 0 aliphatic heterocycles. The molecule has 0 saturated heterocycles. The third-order valence-corrected chi connectivity index (χ3v) is 2.95. The van der Waals surface area contributed by atoms with Crippen LogP contribution < -0.4 is 0 Å². The van der Waals surface area contributed by atoms with Crippen molar-refractivity contribution >= 4 is 0 Å². The van der Waals surface area contributed by atoms with E-state index in [4.69, 9.17) is 0 Å². The molecule has 0 aliphatic carbocycles. The van der Waals surface area contributed by atoms with Gasteiger partial charge >= 0.3 is 6.18 Å². The van der Waals surface area contributed by atoms with Crippen LogP contribution in [0.5, 0.6) is 0 Å². The first-order chi connectivity index (χ1) is 9.10. The van der Waals surface area contributed by atoms with Crippen LogP contribution in [-0.2, 0) is 11.6 Å². The van der Waals surface area contributed by atoms with Crippen molar-refractivity contribution in [2.24, 2.45) is 0 Å².